The zero-order valence-corrected chi connectivity index (χ0v) is 23.6. The van der Waals surface area contributed by atoms with Crippen LogP contribution in [0.2, 0.25) is 16.6 Å². The van der Waals surface area contributed by atoms with Gasteiger partial charge in [-0.2, -0.15) is 0 Å². The lowest BCUT2D eigenvalue weighted by atomic mass is 10.6. The lowest BCUT2D eigenvalue weighted by Gasteiger charge is -2.48. The molecule has 0 aromatic carbocycles. The number of methoxy groups -OCH3 is 3. The molecule has 176 valence electrons. The predicted molar refractivity (Wildman–Crippen MR) is 124 cm³/mol. The van der Waals surface area contributed by atoms with E-state index in [0.29, 0.717) is 31.9 Å². The number of rotatable bonds is 17. The van der Waals surface area contributed by atoms with Gasteiger partial charge in [0.15, 0.2) is 0 Å². The van der Waals surface area contributed by atoms with Gasteiger partial charge in [0.1, 0.15) is 0 Å². The minimum absolute atomic E-state index is 0.133. The van der Waals surface area contributed by atoms with Crippen molar-refractivity contribution < 1.29 is 31.3 Å². The molecule has 10 heteroatoms. The first-order chi connectivity index (χ1) is 13.5. The summed E-state index contributed by atoms with van der Waals surface area (Å²) in [5.74, 6) is 0. The highest BCUT2D eigenvalue weighted by Gasteiger charge is 2.58. The summed E-state index contributed by atoms with van der Waals surface area (Å²) in [6, 6.07) is 0. The van der Waals surface area contributed by atoms with E-state index >= 15 is 0 Å². The van der Waals surface area contributed by atoms with Gasteiger partial charge in [0.05, 0.1) is 18.7 Å². The van der Waals surface area contributed by atoms with Crippen molar-refractivity contribution in [2.24, 2.45) is 0 Å². The normalized spacial score (nSPS) is 18.8. The summed E-state index contributed by atoms with van der Waals surface area (Å²) in [7, 11) is -3.30. The van der Waals surface area contributed by atoms with Gasteiger partial charge in [-0.3, -0.25) is 0 Å². The molecule has 0 aromatic rings. The van der Waals surface area contributed by atoms with Crippen LogP contribution in [0.1, 0.15) is 55.4 Å². The van der Waals surface area contributed by atoms with Gasteiger partial charge in [0, 0.05) is 34.5 Å². The van der Waals surface area contributed by atoms with Crippen molar-refractivity contribution in [3.8, 4) is 0 Å². The molecule has 0 spiro atoms. The lowest BCUT2D eigenvalue weighted by molar-refractivity contribution is 0.114. The van der Waals surface area contributed by atoms with Crippen LogP contribution in [0.4, 0.5) is 0 Å². The molecule has 7 nitrogen and oxygen atoms in total. The maximum atomic E-state index is 7.05. The summed E-state index contributed by atoms with van der Waals surface area (Å²) in [5.41, 5.74) is 0.518. The summed E-state index contributed by atoms with van der Waals surface area (Å²) in [4.78, 5) is 0. The van der Waals surface area contributed by atoms with Crippen molar-refractivity contribution in [1.82, 2.24) is 0 Å². The summed E-state index contributed by atoms with van der Waals surface area (Å²) in [6.07, 6.45) is 1.30. The molecule has 0 fully saturated rings. The Bertz CT molecular complexity index is 394. The molecule has 0 aliphatic heterocycles. The first kappa shape index (κ1) is 29.4. The second-order valence-corrected chi connectivity index (χ2v) is 19.7. The molecular formula is C19H46O7Si3. The predicted octanol–water partition coefficient (Wildman–Crippen LogP) is 4.21. The van der Waals surface area contributed by atoms with E-state index in [1.54, 1.807) is 21.3 Å². The average Bonchev–Trinajstić information content (AvgIpc) is 2.62. The topological polar surface area (TPSA) is 64.6 Å². The van der Waals surface area contributed by atoms with Crippen molar-refractivity contribution in [3.63, 3.8) is 0 Å². The van der Waals surface area contributed by atoms with Crippen molar-refractivity contribution in [3.05, 3.63) is 0 Å². The Kier molecular flexibility index (Phi) is 13.9. The monoisotopic (exact) mass is 470 g/mol. The van der Waals surface area contributed by atoms with E-state index in [0.717, 1.165) is 0 Å². The van der Waals surface area contributed by atoms with Crippen LogP contribution in [0.5, 0.6) is 0 Å². The molecule has 2 unspecified atom stereocenters. The van der Waals surface area contributed by atoms with E-state index < -0.39 is 25.7 Å². The standard InChI is InChI=1S/C19H46O7Si3/c1-12-23-27(14-20-9,17(3)4)25-29(16-22-11,19(7)8)26-28(15-21-10,18(5)6)24-13-2/h17-19H,12-16H2,1-11H3. The highest BCUT2D eigenvalue weighted by atomic mass is 28.5. The first-order valence-electron chi connectivity index (χ1n) is 10.7. The SMILES string of the molecule is CCO[Si](COC)(O[Si](COC)(O[Si](COC)(OCC)C(C)C)C(C)C)C(C)C. The Morgan fingerprint density at radius 1 is 0.517 bits per heavy atom. The van der Waals surface area contributed by atoms with Crippen LogP contribution in [0.15, 0.2) is 0 Å². The van der Waals surface area contributed by atoms with Gasteiger partial charge in [0.2, 0.25) is 0 Å². The van der Waals surface area contributed by atoms with E-state index in [4.69, 9.17) is 31.3 Å². The van der Waals surface area contributed by atoms with Crippen molar-refractivity contribution in [1.29, 1.82) is 0 Å². The fourth-order valence-corrected chi connectivity index (χ4v) is 17.7. The van der Waals surface area contributed by atoms with E-state index in [2.05, 4.69) is 41.5 Å². The summed E-state index contributed by atoms with van der Waals surface area (Å²) >= 11 is 0. The molecule has 0 N–H and O–H groups in total. The largest absolute Gasteiger partial charge is 0.412 e. The Hall–Kier alpha value is 0.371. The Morgan fingerprint density at radius 3 is 1.00 bits per heavy atom. The molecular weight excluding hydrogens is 424 g/mol. The van der Waals surface area contributed by atoms with Gasteiger partial charge in [-0.1, -0.05) is 41.5 Å². The number of hydrogen-bond donors (Lipinski definition) is 0. The van der Waals surface area contributed by atoms with Crippen LogP contribution in [0.3, 0.4) is 0 Å². The molecule has 0 aromatic heterocycles. The lowest BCUT2D eigenvalue weighted by Crippen LogP contribution is -2.68. The third-order valence-corrected chi connectivity index (χ3v) is 19.6. The van der Waals surface area contributed by atoms with Crippen LogP contribution in [-0.4, -0.2) is 78.9 Å². The second kappa shape index (κ2) is 13.7. The highest BCUT2D eigenvalue weighted by Crippen LogP contribution is 2.38. The second-order valence-electron chi connectivity index (χ2n) is 8.27. The molecule has 0 bridgehead atoms. The molecule has 0 aliphatic rings. The van der Waals surface area contributed by atoms with E-state index in [1.165, 1.54) is 0 Å². The summed E-state index contributed by atoms with van der Waals surface area (Å²) < 4.78 is 43.6. The van der Waals surface area contributed by atoms with E-state index in [9.17, 15) is 0 Å². The molecule has 29 heavy (non-hydrogen) atoms. The fourth-order valence-electron chi connectivity index (χ4n) is 3.26. The van der Waals surface area contributed by atoms with Crippen LogP contribution in [-0.2, 0) is 31.3 Å². The Balaban J connectivity index is 6.41. The summed E-state index contributed by atoms with van der Waals surface area (Å²) in [5, 5.41) is 0. The zero-order valence-electron chi connectivity index (χ0n) is 20.6. The van der Waals surface area contributed by atoms with Crippen LogP contribution < -0.4 is 0 Å². The number of hydrogen-bond acceptors (Lipinski definition) is 7. The van der Waals surface area contributed by atoms with E-state index in [-0.39, 0.29) is 16.6 Å². The Morgan fingerprint density at radius 2 is 0.793 bits per heavy atom. The molecule has 0 amide bonds. The smallest absolute Gasteiger partial charge is 0.358 e. The molecule has 0 heterocycles. The van der Waals surface area contributed by atoms with Gasteiger partial charge in [0.25, 0.3) is 0 Å². The van der Waals surface area contributed by atoms with Gasteiger partial charge >= 0.3 is 25.7 Å². The maximum Gasteiger partial charge on any atom is 0.358 e. The average molecular weight is 471 g/mol. The third-order valence-electron chi connectivity index (χ3n) is 5.14. The molecule has 0 saturated heterocycles. The zero-order chi connectivity index (χ0) is 22.7. The van der Waals surface area contributed by atoms with Gasteiger partial charge in [-0.25, -0.2) is 0 Å². The van der Waals surface area contributed by atoms with Gasteiger partial charge < -0.3 is 31.3 Å². The van der Waals surface area contributed by atoms with Crippen LogP contribution in [0.25, 0.3) is 0 Å². The fraction of sp³-hybridized carbons (Fsp3) is 1.00. The van der Waals surface area contributed by atoms with Crippen molar-refractivity contribution >= 4 is 25.7 Å². The molecule has 0 rings (SSSR count). The quantitative estimate of drug-likeness (QED) is 0.295. The third kappa shape index (κ3) is 7.78. The Labute approximate surface area is 182 Å². The van der Waals surface area contributed by atoms with E-state index in [1.807, 2.05) is 13.8 Å². The maximum absolute atomic E-state index is 7.05. The minimum Gasteiger partial charge on any atom is -0.412 e. The minimum atomic E-state index is -2.93. The highest BCUT2D eigenvalue weighted by molar-refractivity contribution is 6.88. The van der Waals surface area contributed by atoms with Crippen molar-refractivity contribution in [2.75, 3.05) is 53.2 Å². The number of ether oxygens (including phenoxy) is 3. The molecule has 2 atom stereocenters. The van der Waals surface area contributed by atoms with Gasteiger partial charge in [-0.05, 0) is 30.5 Å². The molecule has 0 radical (unpaired) electrons. The van der Waals surface area contributed by atoms with Crippen LogP contribution in [0, 0.1) is 0 Å². The molecule has 0 aliphatic carbocycles. The van der Waals surface area contributed by atoms with Crippen molar-refractivity contribution in [2.45, 2.75) is 72.0 Å². The summed E-state index contributed by atoms with van der Waals surface area (Å²) in [6.45, 7) is 18.0. The van der Waals surface area contributed by atoms with Gasteiger partial charge in [-0.15, -0.1) is 0 Å². The molecule has 0 saturated carbocycles. The first-order valence-corrected chi connectivity index (χ1v) is 17.0. The van der Waals surface area contributed by atoms with Crippen LogP contribution >= 0.6 is 0 Å².